The molecular formula is C29H43N3O7. The smallest absolute Gasteiger partial charge is 0.313 e. The zero-order valence-electron chi connectivity index (χ0n) is 23.1. The second kappa shape index (κ2) is 12.1. The minimum absolute atomic E-state index is 0.00990. The minimum atomic E-state index is -1.26. The van der Waals surface area contributed by atoms with Crippen molar-refractivity contribution < 1.29 is 33.7 Å². The van der Waals surface area contributed by atoms with E-state index in [2.05, 4.69) is 11.0 Å². The van der Waals surface area contributed by atoms with Crippen LogP contribution in [0.15, 0.2) is 24.3 Å². The van der Waals surface area contributed by atoms with Gasteiger partial charge < -0.3 is 29.1 Å². The molecule has 5 atom stereocenters. The summed E-state index contributed by atoms with van der Waals surface area (Å²) >= 11 is 0. The summed E-state index contributed by atoms with van der Waals surface area (Å²) < 4.78 is 18.1. The van der Waals surface area contributed by atoms with Crippen molar-refractivity contribution in [2.24, 2.45) is 11.8 Å². The van der Waals surface area contributed by atoms with Gasteiger partial charge in [0.1, 0.15) is 23.2 Å². The molecule has 2 amide bonds. The van der Waals surface area contributed by atoms with Crippen molar-refractivity contribution in [2.45, 2.75) is 62.7 Å². The predicted molar refractivity (Wildman–Crippen MR) is 143 cm³/mol. The zero-order chi connectivity index (χ0) is 27.5. The van der Waals surface area contributed by atoms with Gasteiger partial charge in [-0.25, -0.2) is 0 Å². The molecule has 216 valence electrons. The van der Waals surface area contributed by atoms with Crippen LogP contribution in [0.2, 0.25) is 0 Å². The second-order valence-corrected chi connectivity index (χ2v) is 11.3. The van der Waals surface area contributed by atoms with Crippen LogP contribution in [0.5, 0.6) is 0 Å². The Hall–Kier alpha value is -2.27. The number of carbonyl (C=O) groups excluding carboxylic acids is 3. The third-order valence-electron chi connectivity index (χ3n) is 9.06. The van der Waals surface area contributed by atoms with Crippen molar-refractivity contribution in [3.05, 3.63) is 24.3 Å². The first-order chi connectivity index (χ1) is 19.0. The van der Waals surface area contributed by atoms with E-state index in [1.165, 1.54) is 0 Å². The molecule has 5 heterocycles. The van der Waals surface area contributed by atoms with Crippen LogP contribution in [-0.2, 0) is 28.6 Å². The number of fused-ring (bicyclic) bond motifs is 2. The molecule has 3 saturated heterocycles. The van der Waals surface area contributed by atoms with E-state index in [1.807, 2.05) is 30.1 Å². The number of cyclic esters (lactones) is 1. The highest BCUT2D eigenvalue weighted by atomic mass is 16.6. The number of likely N-dealkylation sites (tertiary alicyclic amines) is 1. The van der Waals surface area contributed by atoms with Crippen LogP contribution in [0.3, 0.4) is 0 Å². The highest BCUT2D eigenvalue weighted by molar-refractivity contribution is 5.99. The first-order valence-corrected chi connectivity index (χ1v) is 14.7. The van der Waals surface area contributed by atoms with Gasteiger partial charge in [0.15, 0.2) is 0 Å². The van der Waals surface area contributed by atoms with Crippen molar-refractivity contribution >= 4 is 17.8 Å². The lowest BCUT2D eigenvalue weighted by Gasteiger charge is -2.39. The third kappa shape index (κ3) is 5.16. The average Bonchev–Trinajstić information content (AvgIpc) is 3.30. The Labute approximate surface area is 230 Å². The molecule has 1 spiro atoms. The maximum absolute atomic E-state index is 14.3. The topological polar surface area (TPSA) is 109 Å². The Morgan fingerprint density at radius 3 is 2.54 bits per heavy atom. The number of morpholine rings is 1. The van der Waals surface area contributed by atoms with E-state index in [0.29, 0.717) is 58.7 Å². The Bertz CT molecular complexity index is 980. The Morgan fingerprint density at radius 1 is 0.949 bits per heavy atom. The van der Waals surface area contributed by atoms with Crippen molar-refractivity contribution in [3.63, 3.8) is 0 Å². The average molecular weight is 546 g/mol. The van der Waals surface area contributed by atoms with E-state index in [9.17, 15) is 19.5 Å². The number of rotatable bonds is 8. The number of esters is 1. The molecule has 0 aromatic carbocycles. The fourth-order valence-electron chi connectivity index (χ4n) is 7.01. The van der Waals surface area contributed by atoms with E-state index in [4.69, 9.17) is 14.2 Å². The molecule has 0 radical (unpaired) electrons. The molecule has 0 aromatic rings. The number of hydrogen-bond donors (Lipinski definition) is 1. The molecule has 0 bridgehead atoms. The minimum Gasteiger partial charge on any atom is -0.465 e. The number of allylic oxidation sites excluding steroid dienone is 1. The van der Waals surface area contributed by atoms with Crippen molar-refractivity contribution in [2.75, 3.05) is 65.7 Å². The van der Waals surface area contributed by atoms with E-state index < -0.39 is 35.0 Å². The van der Waals surface area contributed by atoms with Gasteiger partial charge in [0.25, 0.3) is 0 Å². The van der Waals surface area contributed by atoms with Gasteiger partial charge in [0.05, 0.1) is 25.7 Å². The van der Waals surface area contributed by atoms with Crippen LogP contribution in [0.25, 0.3) is 0 Å². The summed E-state index contributed by atoms with van der Waals surface area (Å²) in [7, 11) is 0. The first-order valence-electron chi connectivity index (χ1n) is 14.7. The summed E-state index contributed by atoms with van der Waals surface area (Å²) in [5.74, 6) is -2.52. The quantitative estimate of drug-likeness (QED) is 0.275. The highest BCUT2D eigenvalue weighted by Crippen LogP contribution is 2.58. The van der Waals surface area contributed by atoms with Crippen LogP contribution >= 0.6 is 0 Å². The molecule has 39 heavy (non-hydrogen) atoms. The zero-order valence-corrected chi connectivity index (χ0v) is 23.1. The number of nitrogens with zero attached hydrogens (tertiary/aromatic N) is 3. The lowest BCUT2D eigenvalue weighted by Crippen LogP contribution is -2.57. The molecule has 1 unspecified atom stereocenters. The van der Waals surface area contributed by atoms with Crippen LogP contribution in [0, 0.1) is 11.8 Å². The fourth-order valence-corrected chi connectivity index (χ4v) is 7.01. The van der Waals surface area contributed by atoms with E-state index in [-0.39, 0.29) is 18.4 Å². The molecule has 5 aliphatic rings. The van der Waals surface area contributed by atoms with Crippen molar-refractivity contribution in [3.8, 4) is 0 Å². The summed E-state index contributed by atoms with van der Waals surface area (Å²) in [5, 5.41) is 9.40. The third-order valence-corrected chi connectivity index (χ3v) is 9.06. The van der Waals surface area contributed by atoms with Gasteiger partial charge in [-0.2, -0.15) is 0 Å². The summed E-state index contributed by atoms with van der Waals surface area (Å²) in [6.45, 7) is 7.31. The molecule has 0 aromatic heterocycles. The summed E-state index contributed by atoms with van der Waals surface area (Å²) in [5.41, 5.74) is -2.29. The number of amides is 2. The monoisotopic (exact) mass is 545 g/mol. The van der Waals surface area contributed by atoms with Crippen LogP contribution < -0.4 is 0 Å². The lowest BCUT2D eigenvalue weighted by atomic mass is 9.73. The number of aliphatic hydroxyl groups excluding tert-OH is 1. The van der Waals surface area contributed by atoms with Crippen molar-refractivity contribution in [1.29, 1.82) is 0 Å². The van der Waals surface area contributed by atoms with Gasteiger partial charge in [0.2, 0.25) is 11.8 Å². The molecule has 10 heteroatoms. The maximum atomic E-state index is 14.3. The Balaban J connectivity index is 1.51. The molecule has 5 rings (SSSR count). The van der Waals surface area contributed by atoms with Gasteiger partial charge in [-0.15, -0.1) is 0 Å². The number of unbranched alkanes of at least 4 members (excludes halogenated alkanes) is 1. The van der Waals surface area contributed by atoms with Crippen LogP contribution in [-0.4, -0.2) is 121 Å². The van der Waals surface area contributed by atoms with Gasteiger partial charge in [-0.05, 0) is 38.5 Å². The molecular weight excluding hydrogens is 502 g/mol. The predicted octanol–water partition coefficient (Wildman–Crippen LogP) is 1.13. The Kier molecular flexibility index (Phi) is 8.75. The van der Waals surface area contributed by atoms with Gasteiger partial charge in [-0.3, -0.25) is 19.3 Å². The highest BCUT2D eigenvalue weighted by Gasteiger charge is 2.75. The molecule has 1 N–H and O–H groups in total. The van der Waals surface area contributed by atoms with E-state index in [0.717, 1.165) is 38.9 Å². The molecule has 0 saturated carbocycles. The summed E-state index contributed by atoms with van der Waals surface area (Å²) in [6, 6.07) is -0.876. The SMILES string of the molecule is CC[C@@]12/C=C\CCCCOC(=O)[C@@H]1[C@H]1C(=O)N(CCCCO)C3C(=O)N(CCN4CCOCC4)CC=C[C@@]31O2. The standard InChI is InChI=1S/C29H43N3O7/c1-2-28-10-5-3-4-8-19-38-27(36)23(28)22-25(34)32(13-6-7-18-33)24-26(35)31(12-9-11-29(22,24)39-28)15-14-30-16-20-37-21-17-30/h5,9-11,22-24,33H,2-4,6-8,12-21H2,1H3/b10-5-/t22-,23-,24?,28+,29-/m0/s1. The van der Waals surface area contributed by atoms with Gasteiger partial charge >= 0.3 is 5.97 Å². The molecule has 3 fully saturated rings. The number of aliphatic hydroxyl groups is 1. The number of ether oxygens (including phenoxy) is 3. The molecule has 5 aliphatic heterocycles. The van der Waals surface area contributed by atoms with E-state index in [1.54, 1.807) is 4.90 Å². The first kappa shape index (κ1) is 28.3. The normalized spacial score (nSPS) is 36.3. The van der Waals surface area contributed by atoms with Crippen LogP contribution in [0.1, 0.15) is 45.4 Å². The van der Waals surface area contributed by atoms with Gasteiger partial charge in [-0.1, -0.05) is 31.2 Å². The summed E-state index contributed by atoms with van der Waals surface area (Å²) in [6.07, 6.45) is 11.9. The number of hydrogen-bond acceptors (Lipinski definition) is 8. The van der Waals surface area contributed by atoms with Crippen molar-refractivity contribution in [1.82, 2.24) is 14.7 Å². The lowest BCUT2D eigenvalue weighted by molar-refractivity contribution is -0.161. The Morgan fingerprint density at radius 2 is 1.77 bits per heavy atom. The largest absolute Gasteiger partial charge is 0.465 e. The second-order valence-electron chi connectivity index (χ2n) is 11.3. The van der Waals surface area contributed by atoms with Gasteiger partial charge in [0, 0.05) is 45.9 Å². The van der Waals surface area contributed by atoms with E-state index >= 15 is 0 Å². The fraction of sp³-hybridized carbons (Fsp3) is 0.759. The molecule has 0 aliphatic carbocycles. The maximum Gasteiger partial charge on any atom is 0.313 e. The summed E-state index contributed by atoms with van der Waals surface area (Å²) in [4.78, 5) is 47.9. The number of carbonyl (C=O) groups is 3. The van der Waals surface area contributed by atoms with Crippen LogP contribution in [0.4, 0.5) is 0 Å². The molecule has 10 nitrogen and oxygen atoms in total.